The minimum absolute atomic E-state index is 0.0983. The Kier molecular flexibility index (Phi) is 3.74. The maximum atomic E-state index is 12.3. The van der Waals surface area contributed by atoms with Gasteiger partial charge in [0.25, 0.3) is 5.91 Å². The highest BCUT2D eigenvalue weighted by Crippen LogP contribution is 2.13. The average Bonchev–Trinajstić information content (AvgIpc) is 2.38. The quantitative estimate of drug-likeness (QED) is 0.835. The molecule has 1 N–H and O–H groups in total. The van der Waals surface area contributed by atoms with E-state index in [1.54, 1.807) is 12.4 Å². The fourth-order valence-corrected chi connectivity index (χ4v) is 2.25. The predicted molar refractivity (Wildman–Crippen MR) is 67.0 cm³/mol. The van der Waals surface area contributed by atoms with E-state index >= 15 is 0 Å². The fraction of sp³-hybridized carbons (Fsp3) is 0.538. The number of rotatable bonds is 2. The van der Waals surface area contributed by atoms with Crippen LogP contribution in [0.3, 0.4) is 0 Å². The molecule has 1 fully saturated rings. The Morgan fingerprint density at radius 3 is 3.06 bits per heavy atom. The van der Waals surface area contributed by atoms with Crippen molar-refractivity contribution in [3.8, 4) is 0 Å². The van der Waals surface area contributed by atoms with E-state index in [1.807, 2.05) is 24.9 Å². The van der Waals surface area contributed by atoms with Crippen LogP contribution in [0.2, 0.25) is 0 Å². The normalized spacial score (nSPS) is 20.4. The number of hydrogen-bond donors (Lipinski definition) is 1. The van der Waals surface area contributed by atoms with Crippen LogP contribution in [0.5, 0.6) is 0 Å². The number of carbonyl (C=O) groups is 1. The van der Waals surface area contributed by atoms with Gasteiger partial charge in [0.15, 0.2) is 0 Å². The molecule has 1 unspecified atom stereocenters. The first-order valence-corrected chi connectivity index (χ1v) is 6.09. The van der Waals surface area contributed by atoms with Crippen molar-refractivity contribution >= 4 is 5.91 Å². The molecule has 17 heavy (non-hydrogen) atoms. The third kappa shape index (κ3) is 2.82. The Morgan fingerprint density at radius 1 is 1.53 bits per heavy atom. The standard InChI is InChI=1S/C13H19N3O/c1-10-6-11(8-15-7-10)13(17)16-5-3-4-12(9-16)14-2/h6-8,12,14H,3-5,9H2,1-2H3. The van der Waals surface area contributed by atoms with Gasteiger partial charge in [0.1, 0.15) is 0 Å². The van der Waals surface area contributed by atoms with E-state index in [1.165, 1.54) is 0 Å². The highest BCUT2D eigenvalue weighted by atomic mass is 16.2. The van der Waals surface area contributed by atoms with E-state index in [4.69, 9.17) is 0 Å². The lowest BCUT2D eigenvalue weighted by Gasteiger charge is -2.32. The van der Waals surface area contributed by atoms with Gasteiger partial charge in [-0.2, -0.15) is 0 Å². The molecular weight excluding hydrogens is 214 g/mol. The first kappa shape index (κ1) is 12.0. The zero-order valence-corrected chi connectivity index (χ0v) is 10.4. The zero-order valence-electron chi connectivity index (χ0n) is 10.4. The fourth-order valence-electron chi connectivity index (χ4n) is 2.25. The summed E-state index contributed by atoms with van der Waals surface area (Å²) in [5.41, 5.74) is 1.72. The third-order valence-corrected chi connectivity index (χ3v) is 3.24. The van der Waals surface area contributed by atoms with Gasteiger partial charge in [-0.25, -0.2) is 0 Å². The number of hydrogen-bond acceptors (Lipinski definition) is 3. The lowest BCUT2D eigenvalue weighted by atomic mass is 10.0. The second kappa shape index (κ2) is 5.27. The van der Waals surface area contributed by atoms with Gasteiger partial charge in [-0.3, -0.25) is 9.78 Å². The smallest absolute Gasteiger partial charge is 0.255 e. The average molecular weight is 233 g/mol. The summed E-state index contributed by atoms with van der Waals surface area (Å²) >= 11 is 0. The maximum absolute atomic E-state index is 12.3. The number of amides is 1. The van der Waals surface area contributed by atoms with E-state index in [0.29, 0.717) is 11.6 Å². The molecule has 92 valence electrons. The van der Waals surface area contributed by atoms with Crippen molar-refractivity contribution in [2.75, 3.05) is 20.1 Å². The van der Waals surface area contributed by atoms with Gasteiger partial charge < -0.3 is 10.2 Å². The Hall–Kier alpha value is -1.42. The first-order chi connectivity index (χ1) is 8.20. The summed E-state index contributed by atoms with van der Waals surface area (Å²) < 4.78 is 0. The number of piperidine rings is 1. The van der Waals surface area contributed by atoms with E-state index < -0.39 is 0 Å². The second-order valence-corrected chi connectivity index (χ2v) is 4.63. The monoisotopic (exact) mass is 233 g/mol. The lowest BCUT2D eigenvalue weighted by Crippen LogP contribution is -2.47. The van der Waals surface area contributed by atoms with E-state index in [9.17, 15) is 4.79 Å². The molecule has 0 saturated carbocycles. The van der Waals surface area contributed by atoms with Crippen LogP contribution in [0.15, 0.2) is 18.5 Å². The molecule has 2 rings (SSSR count). The van der Waals surface area contributed by atoms with E-state index in [-0.39, 0.29) is 5.91 Å². The van der Waals surface area contributed by atoms with Gasteiger partial charge >= 0.3 is 0 Å². The number of likely N-dealkylation sites (N-methyl/N-ethyl adjacent to an activating group) is 1. The summed E-state index contributed by atoms with van der Waals surface area (Å²) in [5, 5.41) is 3.24. The maximum Gasteiger partial charge on any atom is 0.255 e. The van der Waals surface area contributed by atoms with Crippen LogP contribution in [0, 0.1) is 6.92 Å². The lowest BCUT2D eigenvalue weighted by molar-refractivity contribution is 0.0697. The summed E-state index contributed by atoms with van der Waals surface area (Å²) in [5.74, 6) is 0.0983. The minimum atomic E-state index is 0.0983. The van der Waals surface area contributed by atoms with E-state index in [0.717, 1.165) is 31.5 Å². The Bertz CT molecular complexity index is 405. The van der Waals surface area contributed by atoms with Crippen molar-refractivity contribution in [3.63, 3.8) is 0 Å². The number of carbonyl (C=O) groups excluding carboxylic acids is 1. The summed E-state index contributed by atoms with van der Waals surface area (Å²) in [6.07, 6.45) is 5.63. The molecule has 1 aliphatic rings. The van der Waals surface area contributed by atoms with Crippen LogP contribution < -0.4 is 5.32 Å². The molecule has 1 atom stereocenters. The predicted octanol–water partition coefficient (Wildman–Crippen LogP) is 1.21. The largest absolute Gasteiger partial charge is 0.337 e. The highest BCUT2D eigenvalue weighted by molar-refractivity contribution is 5.94. The van der Waals surface area contributed by atoms with Crippen molar-refractivity contribution in [1.29, 1.82) is 0 Å². The molecule has 0 radical (unpaired) electrons. The van der Waals surface area contributed by atoms with Crippen LogP contribution in [-0.4, -0.2) is 42.0 Å². The van der Waals surface area contributed by atoms with Crippen molar-refractivity contribution in [2.45, 2.75) is 25.8 Å². The summed E-state index contributed by atoms with van der Waals surface area (Å²) in [6.45, 7) is 3.60. The molecule has 1 amide bonds. The molecule has 0 bridgehead atoms. The van der Waals surface area contributed by atoms with Gasteiger partial charge in [0.2, 0.25) is 0 Å². The minimum Gasteiger partial charge on any atom is -0.337 e. The van der Waals surface area contributed by atoms with Gasteiger partial charge in [0.05, 0.1) is 5.56 Å². The van der Waals surface area contributed by atoms with Gasteiger partial charge in [-0.15, -0.1) is 0 Å². The molecule has 1 aromatic rings. The van der Waals surface area contributed by atoms with Crippen LogP contribution >= 0.6 is 0 Å². The van der Waals surface area contributed by atoms with Crippen molar-refractivity contribution in [2.24, 2.45) is 0 Å². The van der Waals surface area contributed by atoms with Crippen molar-refractivity contribution < 1.29 is 4.79 Å². The van der Waals surface area contributed by atoms with Gasteiger partial charge in [0, 0.05) is 31.5 Å². The number of pyridine rings is 1. The number of likely N-dealkylation sites (tertiary alicyclic amines) is 1. The van der Waals surface area contributed by atoms with Crippen LogP contribution in [0.25, 0.3) is 0 Å². The summed E-state index contributed by atoms with van der Waals surface area (Å²) in [6, 6.07) is 2.32. The number of nitrogens with zero attached hydrogens (tertiary/aromatic N) is 2. The highest BCUT2D eigenvalue weighted by Gasteiger charge is 2.23. The molecule has 4 heteroatoms. The number of aromatic nitrogens is 1. The van der Waals surface area contributed by atoms with Gasteiger partial charge in [-0.1, -0.05) is 0 Å². The van der Waals surface area contributed by atoms with Crippen LogP contribution in [0.1, 0.15) is 28.8 Å². The van der Waals surface area contributed by atoms with Crippen LogP contribution in [-0.2, 0) is 0 Å². The molecule has 0 spiro atoms. The molecule has 2 heterocycles. The number of aryl methyl sites for hydroxylation is 1. The Balaban J connectivity index is 2.09. The molecule has 0 aliphatic carbocycles. The van der Waals surface area contributed by atoms with Crippen molar-refractivity contribution in [3.05, 3.63) is 29.6 Å². The molecule has 0 aromatic carbocycles. The zero-order chi connectivity index (χ0) is 12.3. The second-order valence-electron chi connectivity index (χ2n) is 4.63. The molecule has 4 nitrogen and oxygen atoms in total. The number of nitrogens with one attached hydrogen (secondary N) is 1. The molecular formula is C13H19N3O. The SMILES string of the molecule is CNC1CCCN(C(=O)c2cncc(C)c2)C1. The Morgan fingerprint density at radius 2 is 2.35 bits per heavy atom. The summed E-state index contributed by atoms with van der Waals surface area (Å²) in [4.78, 5) is 18.3. The topological polar surface area (TPSA) is 45.2 Å². The first-order valence-electron chi connectivity index (χ1n) is 6.09. The molecule has 1 saturated heterocycles. The molecule has 1 aliphatic heterocycles. The van der Waals surface area contributed by atoms with Crippen LogP contribution in [0.4, 0.5) is 0 Å². The van der Waals surface area contributed by atoms with E-state index in [2.05, 4.69) is 10.3 Å². The molecule has 1 aromatic heterocycles. The Labute approximate surface area is 102 Å². The van der Waals surface area contributed by atoms with Crippen molar-refractivity contribution in [1.82, 2.24) is 15.2 Å². The third-order valence-electron chi connectivity index (χ3n) is 3.24. The van der Waals surface area contributed by atoms with Gasteiger partial charge in [-0.05, 0) is 38.4 Å². The summed E-state index contributed by atoms with van der Waals surface area (Å²) in [7, 11) is 1.95.